The molecule has 0 unspecified atom stereocenters. The summed E-state index contributed by atoms with van der Waals surface area (Å²) in [6.45, 7) is -1.40. The minimum Gasteiger partial charge on any atom is -0.265 e. The van der Waals surface area contributed by atoms with Crippen molar-refractivity contribution in [1.82, 2.24) is 0 Å². The molecular formula is C10H9F3N2O4. The van der Waals surface area contributed by atoms with Gasteiger partial charge in [0.1, 0.15) is 5.92 Å². The Balaban J connectivity index is 2.96. The molecule has 0 aliphatic rings. The summed E-state index contributed by atoms with van der Waals surface area (Å²) in [5.41, 5.74) is -0.765. The molecule has 0 aliphatic heterocycles. The lowest BCUT2D eigenvalue weighted by Crippen LogP contribution is -2.21. The Morgan fingerprint density at radius 3 is 1.74 bits per heavy atom. The van der Waals surface area contributed by atoms with E-state index >= 15 is 0 Å². The topological polar surface area (TPSA) is 86.3 Å². The van der Waals surface area contributed by atoms with Crippen LogP contribution in [0.15, 0.2) is 24.3 Å². The van der Waals surface area contributed by atoms with Gasteiger partial charge in [-0.15, -0.1) is 0 Å². The molecule has 0 saturated heterocycles. The second kappa shape index (κ2) is 5.63. The van der Waals surface area contributed by atoms with E-state index < -0.39 is 40.6 Å². The van der Waals surface area contributed by atoms with Gasteiger partial charge in [-0.2, -0.15) is 13.2 Å². The molecule has 1 rings (SSSR count). The average Bonchev–Trinajstić information content (AvgIpc) is 2.26. The molecule has 0 N–H and O–H groups in total. The summed E-state index contributed by atoms with van der Waals surface area (Å²) in [6, 6.07) is 3.56. The minimum atomic E-state index is -4.51. The molecule has 6 nitrogen and oxygen atoms in total. The molecule has 0 radical (unpaired) electrons. The van der Waals surface area contributed by atoms with Gasteiger partial charge < -0.3 is 0 Å². The Bertz CT molecular complexity index is 457. The zero-order valence-electron chi connectivity index (χ0n) is 9.46. The van der Waals surface area contributed by atoms with Gasteiger partial charge in [-0.05, 0) is 17.7 Å². The van der Waals surface area contributed by atoms with Gasteiger partial charge in [-0.25, -0.2) is 0 Å². The summed E-state index contributed by atoms with van der Waals surface area (Å²) >= 11 is 0. The molecule has 0 heterocycles. The average molecular weight is 278 g/mol. The highest BCUT2D eigenvalue weighted by atomic mass is 19.4. The summed E-state index contributed by atoms with van der Waals surface area (Å²) in [5.74, 6) is -1.05. The van der Waals surface area contributed by atoms with E-state index in [-0.39, 0.29) is 5.56 Å². The summed E-state index contributed by atoms with van der Waals surface area (Å²) < 4.78 is 37.0. The molecule has 0 amide bonds. The molecule has 9 heteroatoms. The van der Waals surface area contributed by atoms with E-state index in [1.54, 1.807) is 0 Å². The maximum Gasteiger partial charge on any atom is 0.416 e. The van der Waals surface area contributed by atoms with E-state index in [1.807, 2.05) is 0 Å². The lowest BCUT2D eigenvalue weighted by Gasteiger charge is -2.11. The molecule has 0 saturated carbocycles. The summed E-state index contributed by atoms with van der Waals surface area (Å²) in [7, 11) is 0. The molecule has 1 aromatic rings. The van der Waals surface area contributed by atoms with E-state index in [0.717, 1.165) is 24.3 Å². The van der Waals surface area contributed by atoms with E-state index in [0.29, 0.717) is 0 Å². The lowest BCUT2D eigenvalue weighted by molar-refractivity contribution is -0.516. The molecule has 0 aromatic heterocycles. The minimum absolute atomic E-state index is 0.140. The zero-order chi connectivity index (χ0) is 14.6. The maximum absolute atomic E-state index is 12.3. The number of alkyl halides is 3. The van der Waals surface area contributed by atoms with Crippen LogP contribution < -0.4 is 0 Å². The van der Waals surface area contributed by atoms with Crippen molar-refractivity contribution in [2.45, 2.75) is 12.1 Å². The Morgan fingerprint density at radius 1 is 1.00 bits per heavy atom. The number of rotatable bonds is 5. The first-order valence-electron chi connectivity index (χ1n) is 5.11. The SMILES string of the molecule is O=[N+]([O-])CC(C[N+](=O)[O-])c1ccc(C(F)(F)F)cc1. The standard InChI is InChI=1S/C10H9F3N2O4/c11-10(12,13)9-3-1-7(2-4-9)8(5-14(16)17)6-15(18)19/h1-4,8H,5-6H2. The van der Waals surface area contributed by atoms with Crippen molar-refractivity contribution in [3.05, 3.63) is 55.6 Å². The quantitative estimate of drug-likeness (QED) is 0.611. The van der Waals surface area contributed by atoms with Crippen molar-refractivity contribution in [1.29, 1.82) is 0 Å². The first kappa shape index (κ1) is 14.9. The van der Waals surface area contributed by atoms with Crippen LogP contribution >= 0.6 is 0 Å². The summed E-state index contributed by atoms with van der Waals surface area (Å²) in [5, 5.41) is 20.8. The van der Waals surface area contributed by atoms with Crippen molar-refractivity contribution in [3.63, 3.8) is 0 Å². The fraction of sp³-hybridized carbons (Fsp3) is 0.400. The highest BCUT2D eigenvalue weighted by molar-refractivity contribution is 5.27. The first-order valence-corrected chi connectivity index (χ1v) is 5.11. The van der Waals surface area contributed by atoms with Gasteiger partial charge in [0.05, 0.1) is 5.56 Å². The fourth-order valence-electron chi connectivity index (χ4n) is 1.57. The molecule has 0 aliphatic carbocycles. The smallest absolute Gasteiger partial charge is 0.265 e. The van der Waals surface area contributed by atoms with Gasteiger partial charge in [0, 0.05) is 9.85 Å². The van der Waals surface area contributed by atoms with Crippen molar-refractivity contribution >= 4 is 0 Å². The Kier molecular flexibility index (Phi) is 4.41. The lowest BCUT2D eigenvalue weighted by atomic mass is 9.98. The highest BCUT2D eigenvalue weighted by Crippen LogP contribution is 2.30. The van der Waals surface area contributed by atoms with Crippen LogP contribution in [0.4, 0.5) is 13.2 Å². The van der Waals surface area contributed by atoms with Gasteiger partial charge in [-0.3, -0.25) is 20.2 Å². The number of nitro groups is 2. The molecule has 104 valence electrons. The second-order valence-electron chi connectivity index (χ2n) is 3.85. The number of hydrogen-bond acceptors (Lipinski definition) is 4. The van der Waals surface area contributed by atoms with Gasteiger partial charge in [0.2, 0.25) is 13.1 Å². The summed E-state index contributed by atoms with van der Waals surface area (Å²) in [6.07, 6.45) is -4.51. The van der Waals surface area contributed by atoms with Crippen LogP contribution in [0.5, 0.6) is 0 Å². The van der Waals surface area contributed by atoms with Crippen LogP contribution in [0.25, 0.3) is 0 Å². The third-order valence-electron chi connectivity index (χ3n) is 2.45. The molecule has 0 atom stereocenters. The Morgan fingerprint density at radius 2 is 1.42 bits per heavy atom. The zero-order valence-corrected chi connectivity index (χ0v) is 9.46. The molecule has 0 bridgehead atoms. The van der Waals surface area contributed by atoms with E-state index in [1.165, 1.54) is 0 Å². The summed E-state index contributed by atoms with van der Waals surface area (Å²) in [4.78, 5) is 19.3. The first-order chi connectivity index (χ1) is 8.70. The van der Waals surface area contributed by atoms with Crippen LogP contribution in [0, 0.1) is 20.2 Å². The fourth-order valence-corrected chi connectivity index (χ4v) is 1.57. The van der Waals surface area contributed by atoms with Gasteiger partial charge in [0.15, 0.2) is 0 Å². The van der Waals surface area contributed by atoms with Crippen LogP contribution in [-0.4, -0.2) is 22.9 Å². The van der Waals surface area contributed by atoms with Crippen LogP contribution in [0.3, 0.4) is 0 Å². The van der Waals surface area contributed by atoms with Crippen molar-refractivity contribution in [2.75, 3.05) is 13.1 Å². The number of benzene rings is 1. The molecule has 19 heavy (non-hydrogen) atoms. The highest BCUT2D eigenvalue weighted by Gasteiger charge is 2.31. The monoisotopic (exact) mass is 278 g/mol. The van der Waals surface area contributed by atoms with Crippen LogP contribution in [0.1, 0.15) is 17.0 Å². The van der Waals surface area contributed by atoms with Crippen LogP contribution in [0.2, 0.25) is 0 Å². The van der Waals surface area contributed by atoms with E-state index in [4.69, 9.17) is 0 Å². The second-order valence-corrected chi connectivity index (χ2v) is 3.85. The number of halogens is 3. The largest absolute Gasteiger partial charge is 0.416 e. The van der Waals surface area contributed by atoms with Crippen molar-refractivity contribution in [2.24, 2.45) is 0 Å². The normalized spacial score (nSPS) is 11.6. The van der Waals surface area contributed by atoms with Gasteiger partial charge in [-0.1, -0.05) is 12.1 Å². The predicted octanol–water partition coefficient (Wildman–Crippen LogP) is 2.34. The third kappa shape index (κ3) is 4.53. The Labute approximate surface area is 105 Å². The number of nitrogens with zero attached hydrogens (tertiary/aromatic N) is 2. The predicted molar refractivity (Wildman–Crippen MR) is 57.9 cm³/mol. The molecule has 0 spiro atoms. The maximum atomic E-state index is 12.3. The molecule has 1 aromatic carbocycles. The van der Waals surface area contributed by atoms with Gasteiger partial charge in [0.25, 0.3) is 0 Å². The van der Waals surface area contributed by atoms with E-state index in [9.17, 15) is 33.4 Å². The van der Waals surface area contributed by atoms with Crippen molar-refractivity contribution in [3.8, 4) is 0 Å². The molecular weight excluding hydrogens is 269 g/mol. The Hall–Kier alpha value is -2.19. The van der Waals surface area contributed by atoms with Crippen molar-refractivity contribution < 1.29 is 23.0 Å². The van der Waals surface area contributed by atoms with Gasteiger partial charge >= 0.3 is 6.18 Å². The molecule has 0 fully saturated rings. The van der Waals surface area contributed by atoms with Crippen LogP contribution in [-0.2, 0) is 6.18 Å². The number of hydrogen-bond donors (Lipinski definition) is 0. The third-order valence-corrected chi connectivity index (χ3v) is 2.45. The van der Waals surface area contributed by atoms with E-state index in [2.05, 4.69) is 0 Å².